The van der Waals surface area contributed by atoms with Crippen molar-refractivity contribution in [3.05, 3.63) is 102 Å². The number of phenols is 2. The monoisotopic (exact) mass is 655 g/mol. The first-order valence-electron chi connectivity index (χ1n) is 15.2. The van der Waals surface area contributed by atoms with E-state index in [0.29, 0.717) is 36.8 Å². The summed E-state index contributed by atoms with van der Waals surface area (Å²) in [4.78, 5) is 31.5. The van der Waals surface area contributed by atoms with Gasteiger partial charge >= 0.3 is 0 Å². The quantitative estimate of drug-likeness (QED) is 0.129. The number of rotatable bonds is 6. The Balaban J connectivity index is 0.00000182. The van der Waals surface area contributed by atoms with E-state index < -0.39 is 5.92 Å². The zero-order valence-electron chi connectivity index (χ0n) is 25.4. The molecule has 2 aliphatic rings. The molecule has 0 saturated carbocycles. The molecule has 236 valence electrons. The van der Waals surface area contributed by atoms with E-state index in [1.54, 1.807) is 34.1 Å². The zero-order chi connectivity index (χ0) is 32.5. The largest absolute Gasteiger partial charge is 0.507 e. The number of alkyl halides is 2. The second-order valence-corrected chi connectivity index (χ2v) is 12.0. The average Bonchev–Trinajstić information content (AvgIpc) is 3.68. The van der Waals surface area contributed by atoms with Gasteiger partial charge < -0.3 is 25.7 Å². The molecule has 2 unspecified atom stereocenters. The molecule has 0 saturated heterocycles. The topological polar surface area (TPSA) is 107 Å². The normalized spacial score (nSPS) is 15.8. The summed E-state index contributed by atoms with van der Waals surface area (Å²) in [5.74, 6) is -0.169. The Kier molecular flexibility index (Phi) is 8.98. The van der Waals surface area contributed by atoms with Crippen molar-refractivity contribution in [2.24, 2.45) is 0 Å². The van der Waals surface area contributed by atoms with Crippen molar-refractivity contribution < 1.29 is 19.8 Å². The lowest BCUT2D eigenvalue weighted by Crippen LogP contribution is -2.34. The van der Waals surface area contributed by atoms with Gasteiger partial charge in [0.25, 0.3) is 0 Å². The van der Waals surface area contributed by atoms with Gasteiger partial charge in [0, 0.05) is 78.6 Å². The third-order valence-corrected chi connectivity index (χ3v) is 9.54. The number of anilines is 3. The first-order chi connectivity index (χ1) is 22.3. The minimum absolute atomic E-state index is 0.0821. The molecule has 0 fully saturated rings. The number of fused-ring (bicyclic) bond motifs is 6. The number of carbonyl (C=O) groups is 2. The molecule has 0 aliphatic carbocycles. The fourth-order valence-corrected chi connectivity index (χ4v) is 7.27. The van der Waals surface area contributed by atoms with Crippen molar-refractivity contribution in [1.82, 2.24) is 0 Å². The fourth-order valence-electron chi connectivity index (χ4n) is 7.02. The summed E-state index contributed by atoms with van der Waals surface area (Å²) in [5.41, 5.74) is 10.8. The van der Waals surface area contributed by atoms with Gasteiger partial charge in [0.1, 0.15) is 11.5 Å². The maximum atomic E-state index is 14.1. The van der Waals surface area contributed by atoms with Crippen LogP contribution in [0.2, 0.25) is 0 Å². The third-order valence-electron chi connectivity index (χ3n) is 9.17. The Morgan fingerprint density at radius 1 is 0.804 bits per heavy atom. The Bertz CT molecular complexity index is 1950. The van der Waals surface area contributed by atoms with Crippen LogP contribution in [0.15, 0.2) is 84.9 Å². The summed E-state index contributed by atoms with van der Waals surface area (Å²) in [6.07, 6.45) is 2.35. The van der Waals surface area contributed by atoms with Gasteiger partial charge in [-0.15, -0.1) is 23.2 Å². The van der Waals surface area contributed by atoms with Gasteiger partial charge in [-0.1, -0.05) is 60.7 Å². The fraction of sp³-hybridized carbons (Fsp3) is 0.243. The van der Waals surface area contributed by atoms with Crippen molar-refractivity contribution in [2.45, 2.75) is 31.1 Å². The number of halogens is 2. The van der Waals surface area contributed by atoms with E-state index in [1.165, 1.54) is 6.38 Å². The van der Waals surface area contributed by atoms with Crippen molar-refractivity contribution >= 4 is 73.6 Å². The number of phenolic OH excluding ortho intramolecular Hbond substituents is 2. The number of amides is 2. The lowest BCUT2D eigenvalue weighted by molar-refractivity contribution is -0.120. The SMILES string of the molecule is CCl.Nc1ccc(C(CC(=O)N2CCc3c2cc(O)c2ccccc32)CC(=O)N2CC(CCl)c3c2cc(O)c2ccccc32)cc1. The molecule has 2 amide bonds. The molecular weight excluding hydrogens is 621 g/mol. The Morgan fingerprint density at radius 3 is 1.98 bits per heavy atom. The number of carbonyl (C=O) groups excluding carboxylic acids is 2. The van der Waals surface area contributed by atoms with Gasteiger partial charge in [-0.3, -0.25) is 9.59 Å². The molecule has 0 aromatic heterocycles. The smallest absolute Gasteiger partial charge is 0.227 e. The van der Waals surface area contributed by atoms with E-state index in [4.69, 9.17) is 17.3 Å². The molecule has 0 bridgehead atoms. The van der Waals surface area contributed by atoms with Crippen LogP contribution in [0.3, 0.4) is 0 Å². The number of nitrogen functional groups attached to an aromatic ring is 1. The highest BCUT2D eigenvalue weighted by atomic mass is 35.5. The highest BCUT2D eigenvalue weighted by Gasteiger charge is 2.36. The molecular formula is C37H35Cl2N3O4. The average molecular weight is 657 g/mol. The number of benzene rings is 5. The summed E-state index contributed by atoms with van der Waals surface area (Å²) in [6.45, 7) is 0.909. The molecule has 5 aromatic rings. The highest BCUT2D eigenvalue weighted by molar-refractivity contribution is 6.19. The van der Waals surface area contributed by atoms with Crippen LogP contribution in [0.5, 0.6) is 11.5 Å². The number of hydrogen-bond donors (Lipinski definition) is 3. The van der Waals surface area contributed by atoms with Crippen LogP contribution in [-0.4, -0.2) is 47.4 Å². The first kappa shape index (κ1) is 31.5. The molecule has 0 spiro atoms. The second-order valence-electron chi connectivity index (χ2n) is 11.7. The van der Waals surface area contributed by atoms with Crippen LogP contribution in [-0.2, 0) is 16.0 Å². The third kappa shape index (κ3) is 5.59. The van der Waals surface area contributed by atoms with Gasteiger partial charge in [-0.05, 0) is 46.0 Å². The van der Waals surface area contributed by atoms with Crippen LogP contribution < -0.4 is 15.5 Å². The first-order valence-corrected chi connectivity index (χ1v) is 16.5. The molecule has 9 heteroatoms. The van der Waals surface area contributed by atoms with E-state index in [0.717, 1.165) is 43.9 Å². The van der Waals surface area contributed by atoms with Crippen LogP contribution in [0, 0.1) is 0 Å². The van der Waals surface area contributed by atoms with Crippen LogP contribution in [0.25, 0.3) is 21.5 Å². The molecule has 4 N–H and O–H groups in total. The van der Waals surface area contributed by atoms with Gasteiger partial charge in [0.15, 0.2) is 0 Å². The van der Waals surface area contributed by atoms with Gasteiger partial charge in [-0.25, -0.2) is 0 Å². The van der Waals surface area contributed by atoms with E-state index in [1.807, 2.05) is 60.7 Å². The number of hydrogen-bond acceptors (Lipinski definition) is 5. The molecule has 5 aromatic carbocycles. The molecule has 46 heavy (non-hydrogen) atoms. The number of aromatic hydroxyl groups is 2. The predicted molar refractivity (Wildman–Crippen MR) is 188 cm³/mol. The van der Waals surface area contributed by atoms with Gasteiger partial charge in [0.2, 0.25) is 11.8 Å². The molecule has 2 atom stereocenters. The summed E-state index contributed by atoms with van der Waals surface area (Å²) in [6, 6.07) is 25.9. The summed E-state index contributed by atoms with van der Waals surface area (Å²) in [5, 5.41) is 24.9. The lowest BCUT2D eigenvalue weighted by Gasteiger charge is -2.25. The molecule has 7 rings (SSSR count). The molecule has 7 nitrogen and oxygen atoms in total. The summed E-state index contributed by atoms with van der Waals surface area (Å²) in [7, 11) is 0. The van der Waals surface area contributed by atoms with Crippen LogP contribution in [0.1, 0.15) is 41.4 Å². The maximum Gasteiger partial charge on any atom is 0.227 e. The van der Waals surface area contributed by atoms with E-state index in [9.17, 15) is 19.8 Å². The Hall–Kier alpha value is -4.46. The Labute approximate surface area is 277 Å². The van der Waals surface area contributed by atoms with E-state index in [2.05, 4.69) is 11.6 Å². The Morgan fingerprint density at radius 2 is 1.35 bits per heavy atom. The molecule has 0 radical (unpaired) electrons. The van der Waals surface area contributed by atoms with Gasteiger partial charge in [-0.2, -0.15) is 0 Å². The van der Waals surface area contributed by atoms with Crippen molar-refractivity contribution in [1.29, 1.82) is 0 Å². The van der Waals surface area contributed by atoms with Gasteiger partial charge in [0.05, 0.1) is 11.4 Å². The lowest BCUT2D eigenvalue weighted by atomic mass is 9.91. The zero-order valence-corrected chi connectivity index (χ0v) is 26.9. The van der Waals surface area contributed by atoms with Crippen molar-refractivity contribution in [2.75, 3.05) is 40.9 Å². The van der Waals surface area contributed by atoms with Crippen molar-refractivity contribution in [3.8, 4) is 11.5 Å². The number of nitrogens with zero attached hydrogens (tertiary/aromatic N) is 2. The summed E-state index contributed by atoms with van der Waals surface area (Å²) >= 11 is 11.1. The van der Waals surface area contributed by atoms with Crippen molar-refractivity contribution in [3.63, 3.8) is 0 Å². The second kappa shape index (κ2) is 13.1. The molecule has 2 heterocycles. The number of nitrogens with two attached hydrogens (primary N) is 1. The maximum absolute atomic E-state index is 14.1. The van der Waals surface area contributed by atoms with Crippen LogP contribution >= 0.6 is 23.2 Å². The minimum atomic E-state index is -0.416. The highest BCUT2D eigenvalue weighted by Crippen LogP contribution is 2.46. The summed E-state index contributed by atoms with van der Waals surface area (Å²) < 4.78 is 0. The van der Waals surface area contributed by atoms with E-state index in [-0.39, 0.29) is 42.1 Å². The van der Waals surface area contributed by atoms with Crippen LogP contribution in [0.4, 0.5) is 17.1 Å². The minimum Gasteiger partial charge on any atom is -0.507 e. The predicted octanol–water partition coefficient (Wildman–Crippen LogP) is 7.66. The van der Waals surface area contributed by atoms with E-state index >= 15 is 0 Å². The molecule has 2 aliphatic heterocycles. The standard InChI is InChI=1S/C36H32ClN3O4.CH3Cl/c37-19-23-20-40(31-18-33(42)28-7-3-4-8-29(28)36(23)31)35(44)16-22(21-9-11-24(38)12-10-21)15-34(43)39-14-13-26-25-5-1-2-6-27(25)32(41)17-30(26)39;1-2/h1-12,17-18,22-23,41-42H,13-16,19-20,38H2;1H3.